The van der Waals surface area contributed by atoms with E-state index in [0.717, 1.165) is 12.8 Å². The van der Waals surface area contributed by atoms with Crippen LogP contribution in [0.3, 0.4) is 0 Å². The zero-order valence-corrected chi connectivity index (χ0v) is 29.8. The molecule has 10 heteroatoms. The molecular formula is C37H56N4O6. The second-order valence-electron chi connectivity index (χ2n) is 16.0. The van der Waals surface area contributed by atoms with Gasteiger partial charge in [0, 0.05) is 13.1 Å². The molecule has 3 N–H and O–H groups in total. The van der Waals surface area contributed by atoms with E-state index >= 15 is 0 Å². The summed E-state index contributed by atoms with van der Waals surface area (Å²) >= 11 is 0. The first-order valence-electron chi connectivity index (χ1n) is 16.8. The lowest BCUT2D eigenvalue weighted by molar-refractivity contribution is -0.145. The van der Waals surface area contributed by atoms with Crippen molar-refractivity contribution in [3.05, 3.63) is 48.6 Å². The second kappa shape index (κ2) is 15.0. The van der Waals surface area contributed by atoms with Crippen LogP contribution in [-0.4, -0.2) is 71.3 Å². The molecule has 1 aromatic carbocycles. The molecule has 0 radical (unpaired) electrons. The fourth-order valence-corrected chi connectivity index (χ4v) is 6.54. The van der Waals surface area contributed by atoms with E-state index in [1.807, 2.05) is 45.9 Å². The minimum Gasteiger partial charge on any atom is -0.444 e. The molecule has 4 amide bonds. The lowest BCUT2D eigenvalue weighted by Crippen LogP contribution is -2.60. The molecule has 0 spiro atoms. The molecule has 0 aromatic heterocycles. The smallest absolute Gasteiger partial charge is 0.408 e. The van der Waals surface area contributed by atoms with Crippen molar-refractivity contribution in [1.82, 2.24) is 20.9 Å². The van der Waals surface area contributed by atoms with Crippen molar-refractivity contribution in [2.75, 3.05) is 13.1 Å². The molecule has 2 aliphatic rings. The molecule has 0 bridgehead atoms. The number of nitrogens with zero attached hydrogens (tertiary/aromatic N) is 1. The van der Waals surface area contributed by atoms with E-state index in [9.17, 15) is 24.0 Å². The van der Waals surface area contributed by atoms with E-state index in [4.69, 9.17) is 4.74 Å². The van der Waals surface area contributed by atoms with Gasteiger partial charge in [0.25, 0.3) is 5.91 Å². The quantitative estimate of drug-likeness (QED) is 0.195. The first-order valence-corrected chi connectivity index (χ1v) is 16.8. The van der Waals surface area contributed by atoms with Gasteiger partial charge >= 0.3 is 6.09 Å². The van der Waals surface area contributed by atoms with Crippen molar-refractivity contribution in [2.24, 2.45) is 28.6 Å². The van der Waals surface area contributed by atoms with Gasteiger partial charge in [-0.1, -0.05) is 78.0 Å². The van der Waals surface area contributed by atoms with Crippen LogP contribution >= 0.6 is 0 Å². The highest BCUT2D eigenvalue weighted by molar-refractivity contribution is 6.38. The monoisotopic (exact) mass is 652 g/mol. The van der Waals surface area contributed by atoms with E-state index in [2.05, 4.69) is 48.5 Å². The van der Waals surface area contributed by atoms with Crippen LogP contribution in [0.1, 0.15) is 87.1 Å². The fourth-order valence-electron chi connectivity index (χ4n) is 6.54. The second-order valence-corrected chi connectivity index (χ2v) is 16.0. The molecule has 260 valence electrons. The van der Waals surface area contributed by atoms with Crippen LogP contribution in [0.25, 0.3) is 0 Å². The average molecular weight is 653 g/mol. The third-order valence-electron chi connectivity index (χ3n) is 9.43. The molecule has 3 rings (SSSR count). The van der Waals surface area contributed by atoms with Crippen molar-refractivity contribution in [3.63, 3.8) is 0 Å². The number of Topliss-reactive ketones (excluding diaryl/α,β-unsaturated/α-hetero) is 1. The summed E-state index contributed by atoms with van der Waals surface area (Å²) < 4.78 is 5.44. The van der Waals surface area contributed by atoms with Crippen molar-refractivity contribution in [1.29, 1.82) is 0 Å². The molecule has 1 aliphatic heterocycles. The Morgan fingerprint density at radius 1 is 1.02 bits per heavy atom. The molecular weight excluding hydrogens is 596 g/mol. The number of hydrogen-bond acceptors (Lipinski definition) is 6. The number of alkyl carbamates (subject to hydrolysis) is 1. The van der Waals surface area contributed by atoms with E-state index in [0.29, 0.717) is 19.5 Å². The molecule has 1 saturated heterocycles. The SMILES string of the molecule is C=CCC[C@H](NC(=O)C1[C@@H]2[C@H](CN1C(=O)[C@@H](NC(=O)OC(C)(C)C)C(C)(C)C)C2(C)C)C(=O)C(=O)NC[C@@H](C)CCc1ccccc1. The zero-order chi connectivity index (χ0) is 35.3. The number of aryl methyl sites for hydroxylation is 1. The standard InChI is InChI=1S/C37H56N4O6/c1-11-12-18-26(29(42)32(44)38-21-23(2)19-20-24-16-14-13-15-17-24)39-31(43)28-27-25(37(27,9)10)22-41(28)33(45)30(35(3,4)5)40-34(46)47-36(6,7)8/h11,13-17,23,25-28,30H,1,12,18-22H2,2-10H3,(H,38,44)(H,39,43)(H,40,46)/t23-,25-,26-,27-,28?,30+/m0/s1. The van der Waals surface area contributed by atoms with Crippen molar-refractivity contribution in [3.8, 4) is 0 Å². The van der Waals surface area contributed by atoms with Crippen LogP contribution < -0.4 is 16.0 Å². The van der Waals surface area contributed by atoms with Gasteiger partial charge in [0.1, 0.15) is 17.7 Å². The summed E-state index contributed by atoms with van der Waals surface area (Å²) in [5.74, 6) is -2.22. The molecule has 1 unspecified atom stereocenters. The Kier molecular flexibility index (Phi) is 12.1. The van der Waals surface area contributed by atoms with Gasteiger partial charge in [-0.25, -0.2) is 4.79 Å². The number of nitrogens with one attached hydrogen (secondary N) is 3. The van der Waals surface area contributed by atoms with Gasteiger partial charge < -0.3 is 25.6 Å². The molecule has 47 heavy (non-hydrogen) atoms. The highest BCUT2D eigenvalue weighted by Crippen LogP contribution is 2.65. The maximum absolute atomic E-state index is 14.1. The minimum absolute atomic E-state index is 0.0901. The van der Waals surface area contributed by atoms with Crippen molar-refractivity contribution < 1.29 is 28.7 Å². The topological polar surface area (TPSA) is 134 Å². The van der Waals surface area contributed by atoms with Gasteiger partial charge in [0.2, 0.25) is 17.6 Å². The first-order chi connectivity index (χ1) is 21.8. The van der Waals surface area contributed by atoms with Crippen LogP contribution in [-0.2, 0) is 30.3 Å². The van der Waals surface area contributed by atoms with Crippen LogP contribution in [0.2, 0.25) is 0 Å². The molecule has 1 aliphatic carbocycles. The van der Waals surface area contributed by atoms with E-state index in [-0.39, 0.29) is 35.5 Å². The van der Waals surface area contributed by atoms with Crippen molar-refractivity contribution >= 4 is 29.6 Å². The summed E-state index contributed by atoms with van der Waals surface area (Å²) in [6.07, 6.45) is 3.24. The molecule has 10 nitrogen and oxygen atoms in total. The summed E-state index contributed by atoms with van der Waals surface area (Å²) in [6.45, 7) is 21.3. The summed E-state index contributed by atoms with van der Waals surface area (Å²) in [5, 5.41) is 8.33. The highest BCUT2D eigenvalue weighted by atomic mass is 16.6. The van der Waals surface area contributed by atoms with Gasteiger partial charge in [-0.15, -0.1) is 6.58 Å². The number of amides is 4. The number of benzene rings is 1. The lowest BCUT2D eigenvalue weighted by Gasteiger charge is -2.38. The Balaban J connectivity index is 1.72. The first kappa shape index (κ1) is 37.8. The molecule has 6 atom stereocenters. The Morgan fingerprint density at radius 2 is 1.66 bits per heavy atom. The van der Waals surface area contributed by atoms with Crippen LogP contribution in [0.15, 0.2) is 43.0 Å². The van der Waals surface area contributed by atoms with Crippen LogP contribution in [0, 0.1) is 28.6 Å². The number of carbonyl (C=O) groups excluding carboxylic acids is 5. The van der Waals surface area contributed by atoms with Gasteiger partial charge in [-0.3, -0.25) is 19.2 Å². The predicted molar refractivity (Wildman–Crippen MR) is 182 cm³/mol. The number of ether oxygens (including phenoxy) is 1. The normalized spacial score (nSPS) is 21.8. The van der Waals surface area contributed by atoms with Gasteiger partial charge in [-0.05, 0) is 80.6 Å². The summed E-state index contributed by atoms with van der Waals surface area (Å²) in [5.41, 5.74) is -0.404. The van der Waals surface area contributed by atoms with E-state index in [1.54, 1.807) is 26.8 Å². The van der Waals surface area contributed by atoms with Gasteiger partial charge in [0.05, 0.1) is 6.04 Å². The Morgan fingerprint density at radius 3 is 2.23 bits per heavy atom. The van der Waals surface area contributed by atoms with Crippen LogP contribution in [0.5, 0.6) is 0 Å². The molecule has 1 aromatic rings. The number of hydrogen-bond donors (Lipinski definition) is 3. The molecule has 2 fully saturated rings. The average Bonchev–Trinajstić information content (AvgIpc) is 3.29. The summed E-state index contributed by atoms with van der Waals surface area (Å²) in [7, 11) is 0. The number of carbonyl (C=O) groups is 5. The van der Waals surface area contributed by atoms with Crippen LogP contribution in [0.4, 0.5) is 4.79 Å². The van der Waals surface area contributed by atoms with Crippen molar-refractivity contribution in [2.45, 2.75) is 112 Å². The number of piperidine rings is 1. The summed E-state index contributed by atoms with van der Waals surface area (Å²) in [4.78, 5) is 68.8. The highest BCUT2D eigenvalue weighted by Gasteiger charge is 2.70. The number of fused-ring (bicyclic) bond motifs is 1. The fraction of sp³-hybridized carbons (Fsp3) is 0.649. The number of likely N-dealkylation sites (tertiary alicyclic amines) is 1. The van der Waals surface area contributed by atoms with Gasteiger partial charge in [0.15, 0.2) is 0 Å². The lowest BCUT2D eigenvalue weighted by atomic mass is 9.85. The third kappa shape index (κ3) is 9.91. The minimum atomic E-state index is -1.07. The third-order valence-corrected chi connectivity index (χ3v) is 9.43. The van der Waals surface area contributed by atoms with E-state index in [1.165, 1.54) is 10.5 Å². The largest absolute Gasteiger partial charge is 0.444 e. The maximum atomic E-state index is 14.1. The Labute approximate surface area is 280 Å². The Bertz CT molecular complexity index is 1310. The maximum Gasteiger partial charge on any atom is 0.408 e. The number of rotatable bonds is 14. The molecule has 1 heterocycles. The molecule has 1 saturated carbocycles. The number of allylic oxidation sites excluding steroid dienone is 1. The van der Waals surface area contributed by atoms with E-state index < -0.39 is 52.8 Å². The number of ketones is 1. The zero-order valence-electron chi connectivity index (χ0n) is 29.8. The Hall–Kier alpha value is -3.69. The summed E-state index contributed by atoms with van der Waals surface area (Å²) in [6, 6.07) is 7.20. The van der Waals surface area contributed by atoms with Gasteiger partial charge in [-0.2, -0.15) is 0 Å². The predicted octanol–water partition coefficient (Wildman–Crippen LogP) is 4.81.